The summed E-state index contributed by atoms with van der Waals surface area (Å²) in [6.45, 7) is -0.208. The van der Waals surface area contributed by atoms with Gasteiger partial charge in [-0.2, -0.15) is 0 Å². The minimum absolute atomic E-state index is 0.208. The zero-order valence-electron chi connectivity index (χ0n) is 6.49. The molecular formula is C8H14O3. The summed E-state index contributed by atoms with van der Waals surface area (Å²) in [5.74, 6) is -1.14. The zero-order chi connectivity index (χ0) is 8.27. The highest BCUT2D eigenvalue weighted by Crippen LogP contribution is 2.31. The third kappa shape index (κ3) is 1.93. The van der Waals surface area contributed by atoms with Crippen LogP contribution in [0, 0.1) is 11.8 Å². The van der Waals surface area contributed by atoms with E-state index in [1.807, 2.05) is 0 Å². The number of aliphatic hydroxyl groups excluding tert-OH is 1. The molecule has 0 amide bonds. The van der Waals surface area contributed by atoms with E-state index >= 15 is 0 Å². The van der Waals surface area contributed by atoms with Crippen LogP contribution in [-0.2, 0) is 4.79 Å². The normalized spacial score (nSPS) is 21.9. The minimum atomic E-state index is -0.848. The van der Waals surface area contributed by atoms with Gasteiger partial charge in [-0.05, 0) is 18.8 Å². The van der Waals surface area contributed by atoms with Gasteiger partial charge in [-0.3, -0.25) is 4.79 Å². The molecule has 3 nitrogen and oxygen atoms in total. The van der Waals surface area contributed by atoms with E-state index in [4.69, 9.17) is 10.2 Å². The van der Waals surface area contributed by atoms with Crippen molar-refractivity contribution in [2.24, 2.45) is 11.8 Å². The molecular weight excluding hydrogens is 144 g/mol. The van der Waals surface area contributed by atoms with E-state index in [9.17, 15) is 4.79 Å². The minimum Gasteiger partial charge on any atom is -0.481 e. The topological polar surface area (TPSA) is 57.5 Å². The first kappa shape index (κ1) is 8.53. The lowest BCUT2D eigenvalue weighted by Gasteiger charge is -2.15. The lowest BCUT2D eigenvalue weighted by atomic mass is 9.92. The molecule has 1 fully saturated rings. The Hall–Kier alpha value is -0.570. The van der Waals surface area contributed by atoms with E-state index in [1.54, 1.807) is 0 Å². The SMILES string of the molecule is O=C(O)C(CO)C1CCCC1. The van der Waals surface area contributed by atoms with Gasteiger partial charge in [0, 0.05) is 0 Å². The van der Waals surface area contributed by atoms with Gasteiger partial charge in [-0.1, -0.05) is 12.8 Å². The summed E-state index contributed by atoms with van der Waals surface area (Å²) in [5.41, 5.74) is 0. The Morgan fingerprint density at radius 1 is 1.45 bits per heavy atom. The van der Waals surface area contributed by atoms with Crippen LogP contribution in [-0.4, -0.2) is 22.8 Å². The summed E-state index contributed by atoms with van der Waals surface area (Å²) in [6.07, 6.45) is 4.18. The number of carboxylic acids is 1. The van der Waals surface area contributed by atoms with E-state index in [-0.39, 0.29) is 12.5 Å². The second kappa shape index (κ2) is 3.72. The van der Waals surface area contributed by atoms with Crippen LogP contribution in [0.1, 0.15) is 25.7 Å². The maximum absolute atomic E-state index is 10.6. The van der Waals surface area contributed by atoms with Crippen LogP contribution in [0.4, 0.5) is 0 Å². The van der Waals surface area contributed by atoms with Gasteiger partial charge in [0.1, 0.15) is 0 Å². The van der Waals surface area contributed by atoms with Crippen molar-refractivity contribution in [1.82, 2.24) is 0 Å². The molecule has 1 saturated carbocycles. The molecule has 1 aliphatic rings. The number of aliphatic hydroxyl groups is 1. The third-order valence-corrected chi connectivity index (χ3v) is 2.48. The van der Waals surface area contributed by atoms with Gasteiger partial charge in [0.2, 0.25) is 0 Å². The third-order valence-electron chi connectivity index (χ3n) is 2.48. The summed E-state index contributed by atoms with van der Waals surface area (Å²) < 4.78 is 0. The first-order valence-electron chi connectivity index (χ1n) is 4.09. The van der Waals surface area contributed by atoms with Gasteiger partial charge in [0.15, 0.2) is 0 Å². The highest BCUT2D eigenvalue weighted by Gasteiger charge is 2.29. The standard InChI is InChI=1S/C8H14O3/c9-5-7(8(10)11)6-3-1-2-4-6/h6-7,9H,1-5H2,(H,10,11). The van der Waals surface area contributed by atoms with Crippen molar-refractivity contribution in [3.8, 4) is 0 Å². The van der Waals surface area contributed by atoms with Gasteiger partial charge in [-0.15, -0.1) is 0 Å². The average molecular weight is 158 g/mol. The molecule has 0 heterocycles. The fraction of sp³-hybridized carbons (Fsp3) is 0.875. The average Bonchev–Trinajstić information content (AvgIpc) is 2.40. The molecule has 0 aromatic heterocycles. The molecule has 0 spiro atoms. The number of carboxylic acid groups (broad SMARTS) is 1. The molecule has 0 radical (unpaired) electrons. The monoisotopic (exact) mass is 158 g/mol. The fourth-order valence-corrected chi connectivity index (χ4v) is 1.79. The van der Waals surface area contributed by atoms with Crippen molar-refractivity contribution < 1.29 is 15.0 Å². The van der Waals surface area contributed by atoms with Crippen LogP contribution in [0.2, 0.25) is 0 Å². The Bertz CT molecular complexity index is 138. The van der Waals surface area contributed by atoms with E-state index in [0.717, 1.165) is 25.7 Å². The van der Waals surface area contributed by atoms with Gasteiger partial charge in [-0.25, -0.2) is 0 Å². The molecule has 1 rings (SSSR count). The number of aliphatic carboxylic acids is 1. The first-order valence-corrected chi connectivity index (χ1v) is 4.09. The van der Waals surface area contributed by atoms with E-state index in [2.05, 4.69) is 0 Å². The highest BCUT2D eigenvalue weighted by molar-refractivity contribution is 5.70. The Morgan fingerprint density at radius 2 is 2.00 bits per heavy atom. The molecule has 3 heteroatoms. The Morgan fingerprint density at radius 3 is 2.36 bits per heavy atom. The zero-order valence-corrected chi connectivity index (χ0v) is 6.49. The van der Waals surface area contributed by atoms with E-state index in [1.165, 1.54) is 0 Å². The lowest BCUT2D eigenvalue weighted by molar-refractivity contribution is -0.145. The first-order chi connectivity index (χ1) is 5.25. The van der Waals surface area contributed by atoms with Crippen molar-refractivity contribution in [2.75, 3.05) is 6.61 Å². The van der Waals surface area contributed by atoms with Crippen LogP contribution in [0.5, 0.6) is 0 Å². The van der Waals surface area contributed by atoms with E-state index < -0.39 is 11.9 Å². The van der Waals surface area contributed by atoms with Crippen molar-refractivity contribution in [1.29, 1.82) is 0 Å². The van der Waals surface area contributed by atoms with Crippen molar-refractivity contribution in [3.63, 3.8) is 0 Å². The van der Waals surface area contributed by atoms with Crippen LogP contribution < -0.4 is 0 Å². The number of hydrogen-bond acceptors (Lipinski definition) is 2. The van der Waals surface area contributed by atoms with Crippen LogP contribution in [0.25, 0.3) is 0 Å². The largest absolute Gasteiger partial charge is 0.481 e. The predicted molar refractivity (Wildman–Crippen MR) is 40.2 cm³/mol. The molecule has 2 N–H and O–H groups in total. The summed E-state index contributed by atoms with van der Waals surface area (Å²) in [4.78, 5) is 10.6. The van der Waals surface area contributed by atoms with Gasteiger partial charge >= 0.3 is 5.97 Å². The molecule has 0 aromatic carbocycles. The van der Waals surface area contributed by atoms with Gasteiger partial charge < -0.3 is 10.2 Å². The van der Waals surface area contributed by atoms with Crippen LogP contribution in [0.15, 0.2) is 0 Å². The van der Waals surface area contributed by atoms with Crippen LogP contribution in [0.3, 0.4) is 0 Å². The molecule has 0 aromatic rings. The smallest absolute Gasteiger partial charge is 0.309 e. The Labute approximate surface area is 66.0 Å². The summed E-state index contributed by atoms with van der Waals surface area (Å²) in [5, 5.41) is 17.4. The second-order valence-electron chi connectivity index (χ2n) is 3.17. The maximum atomic E-state index is 10.6. The highest BCUT2D eigenvalue weighted by atomic mass is 16.4. The quantitative estimate of drug-likeness (QED) is 0.640. The summed E-state index contributed by atoms with van der Waals surface area (Å²) in [7, 11) is 0. The molecule has 1 aliphatic carbocycles. The molecule has 64 valence electrons. The Kier molecular flexibility index (Phi) is 2.88. The van der Waals surface area contributed by atoms with Crippen molar-refractivity contribution >= 4 is 5.97 Å². The summed E-state index contributed by atoms with van der Waals surface area (Å²) in [6, 6.07) is 0. The second-order valence-corrected chi connectivity index (χ2v) is 3.17. The lowest BCUT2D eigenvalue weighted by Crippen LogP contribution is -2.25. The van der Waals surface area contributed by atoms with Gasteiger partial charge in [0.05, 0.1) is 12.5 Å². The van der Waals surface area contributed by atoms with Crippen molar-refractivity contribution in [3.05, 3.63) is 0 Å². The van der Waals surface area contributed by atoms with Gasteiger partial charge in [0.25, 0.3) is 0 Å². The molecule has 1 atom stereocenters. The molecule has 11 heavy (non-hydrogen) atoms. The molecule has 0 bridgehead atoms. The summed E-state index contributed by atoms with van der Waals surface area (Å²) >= 11 is 0. The van der Waals surface area contributed by atoms with E-state index in [0.29, 0.717) is 0 Å². The number of carbonyl (C=O) groups is 1. The maximum Gasteiger partial charge on any atom is 0.309 e. The molecule has 0 aliphatic heterocycles. The number of rotatable bonds is 3. The van der Waals surface area contributed by atoms with Crippen molar-refractivity contribution in [2.45, 2.75) is 25.7 Å². The predicted octanol–water partition coefficient (Wildman–Crippen LogP) is 0.870. The Balaban J connectivity index is 2.46. The molecule has 1 unspecified atom stereocenters. The fourth-order valence-electron chi connectivity index (χ4n) is 1.79. The van der Waals surface area contributed by atoms with Crippen LogP contribution >= 0.6 is 0 Å². The molecule has 0 saturated heterocycles. The number of hydrogen-bond donors (Lipinski definition) is 2.